The molecule has 0 unspecified atom stereocenters. The van der Waals surface area contributed by atoms with Crippen LogP contribution in [0.25, 0.3) is 6.08 Å². The van der Waals surface area contributed by atoms with Gasteiger partial charge in [0.2, 0.25) is 6.04 Å². The van der Waals surface area contributed by atoms with E-state index in [0.29, 0.717) is 0 Å². The van der Waals surface area contributed by atoms with Crippen LogP contribution in [0.3, 0.4) is 0 Å². The van der Waals surface area contributed by atoms with E-state index in [9.17, 15) is 14.9 Å². The minimum Gasteiger partial charge on any atom is -0.300 e. The summed E-state index contributed by atoms with van der Waals surface area (Å²) in [6.07, 6.45) is 4.10. The molecule has 1 saturated carbocycles. The zero-order valence-corrected chi connectivity index (χ0v) is 17.0. The number of nitrogens with zero attached hydrogens (tertiary/aromatic N) is 1. The van der Waals surface area contributed by atoms with E-state index in [1.807, 2.05) is 60.7 Å². The molecule has 0 radical (unpaired) electrons. The first-order valence-corrected chi connectivity index (χ1v) is 9.87. The summed E-state index contributed by atoms with van der Waals surface area (Å²) in [4.78, 5) is 23.9. The molecule has 4 nitrogen and oxygen atoms in total. The van der Waals surface area contributed by atoms with Gasteiger partial charge in [-0.3, -0.25) is 14.9 Å². The van der Waals surface area contributed by atoms with Gasteiger partial charge in [0.25, 0.3) is 0 Å². The zero-order chi connectivity index (χ0) is 18.7. The minimum atomic E-state index is -0.814. The molecule has 1 aliphatic rings. The Hall–Kier alpha value is -1.79. The topological polar surface area (TPSA) is 60.2 Å². The van der Waals surface area contributed by atoms with Gasteiger partial charge in [0.15, 0.2) is 0 Å². The smallest absolute Gasteiger partial charge is 0.226 e. The highest BCUT2D eigenvalue weighted by Gasteiger charge is 2.44. The van der Waals surface area contributed by atoms with Gasteiger partial charge in [-0.15, -0.1) is 0 Å². The fraction of sp³-hybridized carbons (Fsp3) is 0.250. The average molecular weight is 479 g/mol. The van der Waals surface area contributed by atoms with Crippen LogP contribution in [0.5, 0.6) is 0 Å². The Bertz CT molecular complexity index is 866. The van der Waals surface area contributed by atoms with Crippen LogP contribution in [0.15, 0.2) is 63.6 Å². The van der Waals surface area contributed by atoms with Crippen molar-refractivity contribution in [1.29, 1.82) is 0 Å². The van der Waals surface area contributed by atoms with E-state index in [0.717, 1.165) is 20.1 Å². The third-order valence-corrected chi connectivity index (χ3v) is 5.65. The highest BCUT2D eigenvalue weighted by atomic mass is 79.9. The first kappa shape index (κ1) is 19.0. The normalized spacial score (nSPS) is 23.3. The van der Waals surface area contributed by atoms with Crippen molar-refractivity contribution in [3.63, 3.8) is 0 Å². The molecule has 0 aliphatic heterocycles. The maximum atomic E-state index is 12.3. The van der Waals surface area contributed by atoms with Crippen LogP contribution < -0.4 is 0 Å². The number of ketones is 1. The van der Waals surface area contributed by atoms with E-state index in [1.54, 1.807) is 0 Å². The van der Waals surface area contributed by atoms with Crippen LogP contribution in [0, 0.1) is 16.0 Å². The Balaban J connectivity index is 1.93. The number of carbonyl (C=O) groups is 1. The molecule has 3 rings (SSSR count). The third kappa shape index (κ3) is 4.48. The molecule has 0 amide bonds. The Kier molecular flexibility index (Phi) is 6.04. The molecule has 0 N–H and O–H groups in total. The SMILES string of the molecule is O=C1C[C@@H](/C=C/c2cccc(Br)c2)[C@@H]([N+](=O)[O-])[C@H](c2cccc(Br)c2)C1. The molecule has 2 aromatic carbocycles. The van der Waals surface area contributed by atoms with Crippen LogP contribution in [0.2, 0.25) is 0 Å². The lowest BCUT2D eigenvalue weighted by atomic mass is 9.73. The molecule has 0 heterocycles. The van der Waals surface area contributed by atoms with Crippen LogP contribution in [-0.4, -0.2) is 16.7 Å². The van der Waals surface area contributed by atoms with E-state index >= 15 is 0 Å². The summed E-state index contributed by atoms with van der Waals surface area (Å²) in [6, 6.07) is 14.3. The minimum absolute atomic E-state index is 0.0666. The van der Waals surface area contributed by atoms with E-state index in [4.69, 9.17) is 0 Å². The first-order chi connectivity index (χ1) is 12.4. The van der Waals surface area contributed by atoms with Crippen LogP contribution in [0.4, 0.5) is 0 Å². The summed E-state index contributed by atoms with van der Waals surface area (Å²) in [7, 11) is 0. The monoisotopic (exact) mass is 477 g/mol. The standard InChI is InChI=1S/C20H17Br2NO3/c21-16-5-1-3-13(9-16)7-8-15-11-18(24)12-19(20(15)23(25)26)14-4-2-6-17(22)10-14/h1-10,15,19-20H,11-12H2/b8-7+/t15-,19+,20-/m1/s1. The molecule has 0 bridgehead atoms. The molecule has 1 aliphatic carbocycles. The van der Waals surface area contributed by atoms with Crippen LogP contribution in [0.1, 0.15) is 29.9 Å². The lowest BCUT2D eigenvalue weighted by molar-refractivity contribution is -0.535. The van der Waals surface area contributed by atoms with Crippen molar-refractivity contribution in [2.75, 3.05) is 0 Å². The number of hydrogen-bond donors (Lipinski definition) is 0. The summed E-state index contributed by atoms with van der Waals surface area (Å²) >= 11 is 6.83. The summed E-state index contributed by atoms with van der Waals surface area (Å²) < 4.78 is 1.80. The lowest BCUT2D eigenvalue weighted by Crippen LogP contribution is -2.40. The molecule has 0 saturated heterocycles. The van der Waals surface area contributed by atoms with Gasteiger partial charge in [-0.05, 0) is 35.4 Å². The van der Waals surface area contributed by atoms with E-state index in [1.165, 1.54) is 0 Å². The number of halogens is 2. The van der Waals surface area contributed by atoms with Gasteiger partial charge in [-0.25, -0.2) is 0 Å². The van der Waals surface area contributed by atoms with E-state index < -0.39 is 17.9 Å². The summed E-state index contributed by atoms with van der Waals surface area (Å²) in [5.74, 6) is -0.771. The third-order valence-electron chi connectivity index (χ3n) is 4.67. The van der Waals surface area contributed by atoms with Crippen molar-refractivity contribution in [1.82, 2.24) is 0 Å². The molecule has 0 spiro atoms. The molecule has 6 heteroatoms. The number of nitro groups is 1. The predicted octanol–water partition coefficient (Wildman–Crippen LogP) is 5.63. The Labute approximate surface area is 168 Å². The highest BCUT2D eigenvalue weighted by molar-refractivity contribution is 9.10. The molecule has 1 fully saturated rings. The van der Waals surface area contributed by atoms with Crippen LogP contribution >= 0.6 is 31.9 Å². The second-order valence-corrected chi connectivity index (χ2v) is 8.29. The van der Waals surface area contributed by atoms with Crippen molar-refractivity contribution >= 4 is 43.7 Å². The van der Waals surface area contributed by atoms with Crippen molar-refractivity contribution in [3.05, 3.63) is 84.8 Å². The molecular formula is C20H17Br2NO3. The molecular weight excluding hydrogens is 462 g/mol. The predicted molar refractivity (Wildman–Crippen MR) is 109 cm³/mol. The number of hydrogen-bond acceptors (Lipinski definition) is 3. The second-order valence-electron chi connectivity index (χ2n) is 6.46. The second kappa shape index (κ2) is 8.27. The molecule has 2 aromatic rings. The van der Waals surface area contributed by atoms with E-state index in [2.05, 4.69) is 31.9 Å². The Morgan fingerprint density at radius 2 is 1.73 bits per heavy atom. The molecule has 134 valence electrons. The number of rotatable bonds is 4. The highest BCUT2D eigenvalue weighted by Crippen LogP contribution is 2.38. The van der Waals surface area contributed by atoms with Gasteiger partial charge in [0, 0.05) is 26.7 Å². The van der Waals surface area contributed by atoms with Gasteiger partial charge >= 0.3 is 0 Å². The lowest BCUT2D eigenvalue weighted by Gasteiger charge is -2.30. The first-order valence-electron chi connectivity index (χ1n) is 8.28. The fourth-order valence-corrected chi connectivity index (χ4v) is 4.35. The number of Topliss-reactive ketones (excluding diaryl/α,β-unsaturated/α-hetero) is 1. The van der Waals surface area contributed by atoms with Crippen molar-refractivity contribution in [2.24, 2.45) is 5.92 Å². The van der Waals surface area contributed by atoms with Gasteiger partial charge in [0.05, 0.1) is 11.8 Å². The summed E-state index contributed by atoms with van der Waals surface area (Å²) in [5, 5.41) is 11.8. The van der Waals surface area contributed by atoms with Crippen molar-refractivity contribution in [2.45, 2.75) is 24.8 Å². The Morgan fingerprint density at radius 3 is 2.38 bits per heavy atom. The van der Waals surface area contributed by atoms with Gasteiger partial charge in [-0.1, -0.05) is 68.3 Å². The van der Waals surface area contributed by atoms with Crippen molar-refractivity contribution < 1.29 is 9.72 Å². The average Bonchev–Trinajstić information content (AvgIpc) is 2.59. The van der Waals surface area contributed by atoms with Crippen molar-refractivity contribution in [3.8, 4) is 0 Å². The molecule has 0 aromatic heterocycles. The zero-order valence-electron chi connectivity index (χ0n) is 13.8. The van der Waals surface area contributed by atoms with Gasteiger partial charge in [-0.2, -0.15) is 0 Å². The largest absolute Gasteiger partial charge is 0.300 e. The molecule has 3 atom stereocenters. The quantitative estimate of drug-likeness (QED) is 0.422. The van der Waals surface area contributed by atoms with Crippen LogP contribution in [-0.2, 0) is 4.79 Å². The maximum absolute atomic E-state index is 12.3. The Morgan fingerprint density at radius 1 is 1.04 bits per heavy atom. The maximum Gasteiger partial charge on any atom is 0.226 e. The number of carbonyl (C=O) groups excluding carboxylic acids is 1. The fourth-order valence-electron chi connectivity index (χ4n) is 3.51. The van der Waals surface area contributed by atoms with Gasteiger partial charge in [0.1, 0.15) is 5.78 Å². The van der Waals surface area contributed by atoms with Gasteiger partial charge < -0.3 is 0 Å². The summed E-state index contributed by atoms with van der Waals surface area (Å²) in [6.45, 7) is 0. The molecule has 26 heavy (non-hydrogen) atoms. The van der Waals surface area contributed by atoms with E-state index in [-0.39, 0.29) is 23.5 Å². The summed E-state index contributed by atoms with van der Waals surface area (Å²) in [5.41, 5.74) is 1.77. The number of benzene rings is 2.